The number of amides is 2. The number of halogens is 1. The molecule has 134 valence electrons. The average molecular weight is 399 g/mol. The molecule has 2 amide bonds. The summed E-state index contributed by atoms with van der Waals surface area (Å²) in [7, 11) is 0. The Hall–Kier alpha value is -3.03. The summed E-state index contributed by atoms with van der Waals surface area (Å²) in [5, 5.41) is 1.63. The molecule has 0 N–H and O–H groups in total. The van der Waals surface area contributed by atoms with Crippen LogP contribution in [0.5, 0.6) is 0 Å². The van der Waals surface area contributed by atoms with Gasteiger partial charge in [0, 0.05) is 10.6 Å². The molecule has 2 heterocycles. The highest BCUT2D eigenvalue weighted by Gasteiger charge is 2.39. The first-order valence-corrected chi connectivity index (χ1v) is 9.08. The lowest BCUT2D eigenvalue weighted by molar-refractivity contribution is -0.0581. The number of aryl methyl sites for hydroxylation is 1. The van der Waals surface area contributed by atoms with Gasteiger partial charge in [-0.1, -0.05) is 40.9 Å². The van der Waals surface area contributed by atoms with Crippen molar-refractivity contribution in [3.8, 4) is 10.6 Å². The Morgan fingerprint density at radius 2 is 1.74 bits per heavy atom. The monoisotopic (exact) mass is 398 g/mol. The summed E-state index contributed by atoms with van der Waals surface area (Å²) in [5.74, 6) is -2.14. The second kappa shape index (κ2) is 6.61. The summed E-state index contributed by atoms with van der Waals surface area (Å²) in [6, 6.07) is 13.4. The van der Waals surface area contributed by atoms with E-state index in [2.05, 4.69) is 4.98 Å². The van der Waals surface area contributed by atoms with Crippen LogP contribution in [0, 0.1) is 6.92 Å². The number of imide groups is 1. The molecule has 0 unspecified atom stereocenters. The fourth-order valence-corrected chi connectivity index (χ4v) is 3.83. The molecular formula is C19H11ClN2O4S. The predicted octanol–water partition coefficient (Wildman–Crippen LogP) is 4.14. The first kappa shape index (κ1) is 17.4. The largest absolute Gasteiger partial charge is 0.375 e. The average Bonchev–Trinajstić information content (AvgIpc) is 3.16. The lowest BCUT2D eigenvalue weighted by Gasteiger charge is -2.11. The SMILES string of the molecule is Cc1nc(-c2cccc(Cl)c2)sc1C(=O)ON1C(=O)c2ccccc2C1=O. The number of carbonyl (C=O) groups excluding carboxylic acids is 3. The number of aromatic nitrogens is 1. The molecule has 1 aromatic heterocycles. The molecule has 6 nitrogen and oxygen atoms in total. The lowest BCUT2D eigenvalue weighted by atomic mass is 10.1. The number of thiazole rings is 1. The van der Waals surface area contributed by atoms with Crippen LogP contribution in [0.3, 0.4) is 0 Å². The van der Waals surface area contributed by atoms with E-state index in [-0.39, 0.29) is 16.0 Å². The molecule has 0 saturated heterocycles. The highest BCUT2D eigenvalue weighted by Crippen LogP contribution is 2.31. The van der Waals surface area contributed by atoms with Gasteiger partial charge in [0.15, 0.2) is 0 Å². The van der Waals surface area contributed by atoms with Crippen molar-refractivity contribution in [3.05, 3.63) is 75.3 Å². The van der Waals surface area contributed by atoms with Crippen molar-refractivity contribution in [2.24, 2.45) is 0 Å². The number of hydroxylamine groups is 2. The van der Waals surface area contributed by atoms with Crippen molar-refractivity contribution in [1.82, 2.24) is 10.0 Å². The lowest BCUT2D eigenvalue weighted by Crippen LogP contribution is -2.32. The van der Waals surface area contributed by atoms with Gasteiger partial charge in [0.2, 0.25) is 0 Å². The minimum atomic E-state index is -0.812. The number of rotatable bonds is 3. The third kappa shape index (κ3) is 3.01. The minimum absolute atomic E-state index is 0.205. The van der Waals surface area contributed by atoms with Crippen LogP contribution in [0.2, 0.25) is 5.02 Å². The number of hydrogen-bond donors (Lipinski definition) is 0. The molecule has 1 aliphatic rings. The van der Waals surface area contributed by atoms with Crippen molar-refractivity contribution >= 4 is 40.7 Å². The van der Waals surface area contributed by atoms with Crippen molar-refractivity contribution in [3.63, 3.8) is 0 Å². The maximum atomic E-state index is 12.6. The van der Waals surface area contributed by atoms with Gasteiger partial charge in [-0.3, -0.25) is 9.59 Å². The van der Waals surface area contributed by atoms with Crippen LogP contribution < -0.4 is 0 Å². The van der Waals surface area contributed by atoms with E-state index in [1.807, 2.05) is 6.07 Å². The van der Waals surface area contributed by atoms with E-state index in [9.17, 15) is 14.4 Å². The fraction of sp³-hybridized carbons (Fsp3) is 0.0526. The second-order valence-corrected chi connectivity index (χ2v) is 7.21. The Morgan fingerprint density at radius 3 is 2.37 bits per heavy atom. The van der Waals surface area contributed by atoms with Crippen LogP contribution in [-0.2, 0) is 4.84 Å². The molecule has 0 spiro atoms. The Balaban J connectivity index is 1.60. The van der Waals surface area contributed by atoms with Gasteiger partial charge in [0.1, 0.15) is 9.88 Å². The summed E-state index contributed by atoms with van der Waals surface area (Å²) in [6.07, 6.45) is 0. The van der Waals surface area contributed by atoms with E-state index < -0.39 is 17.8 Å². The minimum Gasteiger partial charge on any atom is -0.323 e. The smallest absolute Gasteiger partial charge is 0.323 e. The Morgan fingerprint density at radius 1 is 1.07 bits per heavy atom. The molecule has 1 aliphatic heterocycles. The molecule has 4 rings (SSSR count). The molecule has 0 aliphatic carbocycles. The van der Waals surface area contributed by atoms with Crippen LogP contribution >= 0.6 is 22.9 Å². The van der Waals surface area contributed by atoms with Gasteiger partial charge in [-0.15, -0.1) is 11.3 Å². The number of benzene rings is 2. The zero-order valence-electron chi connectivity index (χ0n) is 13.9. The zero-order valence-corrected chi connectivity index (χ0v) is 15.5. The van der Waals surface area contributed by atoms with E-state index in [4.69, 9.17) is 16.4 Å². The van der Waals surface area contributed by atoms with Crippen molar-refractivity contribution in [1.29, 1.82) is 0 Å². The van der Waals surface area contributed by atoms with Gasteiger partial charge in [0.25, 0.3) is 11.8 Å². The molecular weight excluding hydrogens is 388 g/mol. The summed E-state index contributed by atoms with van der Waals surface area (Å²) >= 11 is 7.10. The van der Waals surface area contributed by atoms with Gasteiger partial charge in [-0.05, 0) is 31.2 Å². The van der Waals surface area contributed by atoms with E-state index in [0.29, 0.717) is 20.8 Å². The molecule has 8 heteroatoms. The van der Waals surface area contributed by atoms with Crippen molar-refractivity contribution in [2.75, 3.05) is 0 Å². The maximum absolute atomic E-state index is 12.6. The molecule has 0 radical (unpaired) electrons. The summed E-state index contributed by atoms with van der Waals surface area (Å²) in [6.45, 7) is 1.66. The van der Waals surface area contributed by atoms with Crippen LogP contribution in [0.25, 0.3) is 10.6 Å². The van der Waals surface area contributed by atoms with Gasteiger partial charge in [-0.25, -0.2) is 9.78 Å². The number of hydrogen-bond acceptors (Lipinski definition) is 6. The Labute approximate surface area is 162 Å². The Kier molecular flexibility index (Phi) is 4.25. The summed E-state index contributed by atoms with van der Waals surface area (Å²) in [5.41, 5.74) is 1.61. The number of fused-ring (bicyclic) bond motifs is 1. The van der Waals surface area contributed by atoms with Gasteiger partial charge in [0.05, 0.1) is 16.8 Å². The fourth-order valence-electron chi connectivity index (χ4n) is 2.71. The third-order valence-electron chi connectivity index (χ3n) is 3.98. The molecule has 27 heavy (non-hydrogen) atoms. The Bertz CT molecular complexity index is 1070. The summed E-state index contributed by atoms with van der Waals surface area (Å²) in [4.78, 5) is 46.9. The predicted molar refractivity (Wildman–Crippen MR) is 99.7 cm³/mol. The van der Waals surface area contributed by atoms with Crippen molar-refractivity contribution in [2.45, 2.75) is 6.92 Å². The number of carbonyl (C=O) groups is 3. The molecule has 0 atom stereocenters. The van der Waals surface area contributed by atoms with Gasteiger partial charge >= 0.3 is 5.97 Å². The summed E-state index contributed by atoms with van der Waals surface area (Å²) < 4.78 is 0. The van der Waals surface area contributed by atoms with Crippen LogP contribution in [-0.4, -0.2) is 27.8 Å². The highest BCUT2D eigenvalue weighted by molar-refractivity contribution is 7.17. The van der Waals surface area contributed by atoms with Crippen LogP contribution in [0.15, 0.2) is 48.5 Å². The van der Waals surface area contributed by atoms with Gasteiger partial charge in [-0.2, -0.15) is 0 Å². The second-order valence-electron chi connectivity index (χ2n) is 5.77. The van der Waals surface area contributed by atoms with Gasteiger partial charge < -0.3 is 4.84 Å². The molecule has 3 aromatic rings. The maximum Gasteiger partial charge on any atom is 0.375 e. The first-order chi connectivity index (χ1) is 13.0. The van der Waals surface area contributed by atoms with E-state index in [1.54, 1.807) is 37.3 Å². The van der Waals surface area contributed by atoms with Crippen molar-refractivity contribution < 1.29 is 19.2 Å². The third-order valence-corrected chi connectivity index (χ3v) is 5.41. The van der Waals surface area contributed by atoms with E-state index in [0.717, 1.165) is 16.9 Å². The molecule has 0 bridgehead atoms. The standard InChI is InChI=1S/C19H11ClN2O4S/c1-10-15(27-16(21-10)11-5-4-6-12(20)9-11)19(25)26-22-17(23)13-7-2-3-8-14(13)18(22)24/h2-9H,1H3. The number of nitrogens with zero attached hydrogens (tertiary/aromatic N) is 2. The van der Waals surface area contributed by atoms with E-state index >= 15 is 0 Å². The quantitative estimate of drug-likeness (QED) is 0.620. The zero-order chi connectivity index (χ0) is 19.1. The normalized spacial score (nSPS) is 13.0. The van der Waals surface area contributed by atoms with Crippen LogP contribution in [0.4, 0.5) is 0 Å². The van der Waals surface area contributed by atoms with E-state index in [1.165, 1.54) is 12.1 Å². The topological polar surface area (TPSA) is 76.6 Å². The molecule has 2 aromatic carbocycles. The first-order valence-electron chi connectivity index (χ1n) is 7.89. The highest BCUT2D eigenvalue weighted by atomic mass is 35.5. The molecule has 0 saturated carbocycles. The molecule has 0 fully saturated rings. The van der Waals surface area contributed by atoms with Crippen LogP contribution in [0.1, 0.15) is 36.1 Å².